The summed E-state index contributed by atoms with van der Waals surface area (Å²) in [6.45, 7) is 5.75. The van der Waals surface area contributed by atoms with Crippen LogP contribution in [0.1, 0.15) is 69.4 Å². The molecule has 2 aromatic rings. The van der Waals surface area contributed by atoms with Gasteiger partial charge in [0.2, 0.25) is 0 Å². The number of carbonyl (C=O) groups is 1. The molecule has 1 atom stereocenters. The third-order valence-corrected chi connectivity index (χ3v) is 6.93. The fourth-order valence-electron chi connectivity index (χ4n) is 3.99. The van der Waals surface area contributed by atoms with E-state index in [2.05, 4.69) is 10.3 Å². The smallest absolute Gasteiger partial charge is 0.253 e. The van der Waals surface area contributed by atoms with Crippen LogP contribution in [0.25, 0.3) is 0 Å². The number of pyridine rings is 1. The maximum absolute atomic E-state index is 12.7. The predicted octanol–water partition coefficient (Wildman–Crippen LogP) is 3.26. The summed E-state index contributed by atoms with van der Waals surface area (Å²) in [6.07, 6.45) is 3.14. The quantitative estimate of drug-likeness (QED) is 0.573. The molecule has 1 saturated carbocycles. The van der Waals surface area contributed by atoms with Gasteiger partial charge in [0, 0.05) is 34.1 Å². The number of nitrogens with one attached hydrogen (secondary N) is 2. The van der Waals surface area contributed by atoms with Gasteiger partial charge in [0.05, 0.1) is 11.7 Å². The lowest BCUT2D eigenvalue weighted by molar-refractivity contribution is 0.0837. The molecule has 5 N–H and O–H groups in total. The van der Waals surface area contributed by atoms with Crippen molar-refractivity contribution in [2.24, 2.45) is 11.7 Å². The molecule has 1 unspecified atom stereocenters. The number of amides is 1. The minimum atomic E-state index is -0.554. The number of H-pyrrole nitrogens is 1. The first kappa shape index (κ1) is 23.6. The van der Waals surface area contributed by atoms with E-state index in [1.165, 1.54) is 11.3 Å². The van der Waals surface area contributed by atoms with E-state index in [-0.39, 0.29) is 42.4 Å². The van der Waals surface area contributed by atoms with Gasteiger partial charge < -0.3 is 21.1 Å². The van der Waals surface area contributed by atoms with Gasteiger partial charge in [0.1, 0.15) is 0 Å². The fourth-order valence-corrected chi connectivity index (χ4v) is 5.13. The monoisotopic (exact) mass is 439 g/mol. The number of halogens is 1. The Morgan fingerprint density at radius 2 is 1.97 bits per heavy atom. The van der Waals surface area contributed by atoms with E-state index in [4.69, 9.17) is 5.73 Å². The van der Waals surface area contributed by atoms with Crippen molar-refractivity contribution in [3.63, 3.8) is 0 Å². The summed E-state index contributed by atoms with van der Waals surface area (Å²) < 4.78 is 0. The van der Waals surface area contributed by atoms with Gasteiger partial charge in [-0.3, -0.25) is 9.59 Å². The average molecular weight is 440 g/mol. The molecule has 3 rings (SSSR count). The van der Waals surface area contributed by atoms with Gasteiger partial charge in [0.25, 0.3) is 11.5 Å². The number of aliphatic hydroxyl groups excluding tert-OH is 1. The molecule has 1 aliphatic rings. The number of aromatic nitrogens is 1. The van der Waals surface area contributed by atoms with Crippen molar-refractivity contribution in [3.8, 4) is 0 Å². The average Bonchev–Trinajstić information content (AvgIpc) is 3.02. The van der Waals surface area contributed by atoms with Gasteiger partial charge in [-0.15, -0.1) is 23.7 Å². The van der Waals surface area contributed by atoms with Crippen LogP contribution in [0.2, 0.25) is 0 Å². The normalized spacial score (nSPS) is 20.0. The van der Waals surface area contributed by atoms with Gasteiger partial charge in [-0.1, -0.05) is 0 Å². The van der Waals surface area contributed by atoms with Crippen LogP contribution < -0.4 is 16.6 Å². The molecular formula is C21H30ClN3O3S. The number of nitrogens with two attached hydrogens (primary N) is 1. The molecule has 0 bridgehead atoms. The molecule has 1 fully saturated rings. The first-order valence-corrected chi connectivity index (χ1v) is 10.6. The van der Waals surface area contributed by atoms with E-state index in [0.29, 0.717) is 11.1 Å². The summed E-state index contributed by atoms with van der Waals surface area (Å²) in [5, 5.41) is 15.4. The number of hydrogen-bond donors (Lipinski definition) is 4. The van der Waals surface area contributed by atoms with Crippen molar-refractivity contribution in [2.75, 3.05) is 0 Å². The van der Waals surface area contributed by atoms with Crippen LogP contribution in [0.3, 0.4) is 0 Å². The highest BCUT2D eigenvalue weighted by molar-refractivity contribution is 7.10. The van der Waals surface area contributed by atoms with Gasteiger partial charge >= 0.3 is 0 Å². The zero-order chi connectivity index (χ0) is 20.4. The fraction of sp³-hybridized carbons (Fsp3) is 0.524. The number of aliphatic hydroxyl groups is 1. The Bertz CT molecular complexity index is 916. The molecule has 0 radical (unpaired) electrons. The molecule has 2 heterocycles. The zero-order valence-corrected chi connectivity index (χ0v) is 18.7. The second-order valence-electron chi connectivity index (χ2n) is 7.88. The zero-order valence-electron chi connectivity index (χ0n) is 17.1. The summed E-state index contributed by atoms with van der Waals surface area (Å²) >= 11 is 1.43. The molecule has 2 aromatic heterocycles. The SMILES string of the molecule is Cc1cc(C)c(CNC(=O)c2csc(C(O)[C@H]3CC[C@H](N)CC3)c2C)c(=O)[nH]1.Cl. The van der Waals surface area contributed by atoms with Crippen LogP contribution in [-0.4, -0.2) is 22.0 Å². The maximum atomic E-state index is 12.7. The Balaban J connectivity index is 0.00000300. The number of aromatic amines is 1. The van der Waals surface area contributed by atoms with E-state index in [1.807, 2.05) is 26.8 Å². The maximum Gasteiger partial charge on any atom is 0.253 e. The first-order chi connectivity index (χ1) is 13.3. The molecular weight excluding hydrogens is 410 g/mol. The first-order valence-electron chi connectivity index (χ1n) is 9.77. The van der Waals surface area contributed by atoms with Crippen LogP contribution in [0.5, 0.6) is 0 Å². The van der Waals surface area contributed by atoms with E-state index < -0.39 is 6.10 Å². The molecule has 8 heteroatoms. The summed E-state index contributed by atoms with van der Waals surface area (Å²) in [5.74, 6) is -0.0286. The Morgan fingerprint density at radius 1 is 1.31 bits per heavy atom. The van der Waals surface area contributed by atoms with Crippen molar-refractivity contribution in [3.05, 3.63) is 54.6 Å². The lowest BCUT2D eigenvalue weighted by atomic mass is 9.82. The summed E-state index contributed by atoms with van der Waals surface area (Å²) in [7, 11) is 0. The van der Waals surface area contributed by atoms with Crippen molar-refractivity contribution >= 4 is 29.7 Å². The number of rotatable bonds is 5. The number of hydrogen-bond acceptors (Lipinski definition) is 5. The van der Waals surface area contributed by atoms with Crippen LogP contribution in [-0.2, 0) is 6.54 Å². The molecule has 1 aliphatic carbocycles. The van der Waals surface area contributed by atoms with E-state index in [1.54, 1.807) is 5.38 Å². The predicted molar refractivity (Wildman–Crippen MR) is 119 cm³/mol. The second-order valence-corrected chi connectivity index (χ2v) is 8.80. The number of carbonyl (C=O) groups excluding carboxylic acids is 1. The molecule has 0 spiro atoms. The number of aryl methyl sites for hydroxylation is 2. The highest BCUT2D eigenvalue weighted by atomic mass is 35.5. The van der Waals surface area contributed by atoms with E-state index in [0.717, 1.165) is 47.4 Å². The van der Waals surface area contributed by atoms with Crippen molar-refractivity contribution in [1.82, 2.24) is 10.3 Å². The summed E-state index contributed by atoms with van der Waals surface area (Å²) in [4.78, 5) is 28.4. The van der Waals surface area contributed by atoms with Crippen LogP contribution in [0.15, 0.2) is 16.2 Å². The molecule has 0 saturated heterocycles. The van der Waals surface area contributed by atoms with Gasteiger partial charge in [-0.2, -0.15) is 0 Å². The summed E-state index contributed by atoms with van der Waals surface area (Å²) in [6, 6.07) is 2.13. The van der Waals surface area contributed by atoms with Gasteiger partial charge in [0.15, 0.2) is 0 Å². The number of thiophene rings is 1. The molecule has 29 heavy (non-hydrogen) atoms. The summed E-state index contributed by atoms with van der Waals surface area (Å²) in [5.41, 5.74) is 9.39. The van der Waals surface area contributed by atoms with E-state index in [9.17, 15) is 14.7 Å². The van der Waals surface area contributed by atoms with Gasteiger partial charge in [-0.05, 0) is 69.6 Å². The van der Waals surface area contributed by atoms with Crippen molar-refractivity contribution < 1.29 is 9.90 Å². The van der Waals surface area contributed by atoms with Crippen LogP contribution in [0, 0.1) is 26.7 Å². The van der Waals surface area contributed by atoms with Crippen molar-refractivity contribution in [1.29, 1.82) is 0 Å². The molecule has 160 valence electrons. The standard InChI is InChI=1S/C21H29N3O3S.ClH/c1-11-8-12(2)24-21(27)16(11)9-23-20(26)17-10-28-19(13(17)3)18(25)14-4-6-15(22)7-5-14;/h8,10,14-15,18,25H,4-7,9,22H2,1-3H3,(H,23,26)(H,24,27);1H/t14-,15-,18?;. The largest absolute Gasteiger partial charge is 0.387 e. The lowest BCUT2D eigenvalue weighted by Gasteiger charge is -2.29. The Kier molecular flexibility index (Phi) is 8.05. The topological polar surface area (TPSA) is 108 Å². The molecule has 0 aliphatic heterocycles. The lowest BCUT2D eigenvalue weighted by Crippen LogP contribution is -2.29. The molecule has 1 amide bonds. The Hall–Kier alpha value is -1.67. The van der Waals surface area contributed by atoms with Crippen molar-refractivity contribution in [2.45, 2.75) is 65.1 Å². The molecule has 0 aromatic carbocycles. The minimum absolute atomic E-state index is 0. The Morgan fingerprint density at radius 3 is 2.59 bits per heavy atom. The Labute approximate surface area is 181 Å². The molecule has 6 nitrogen and oxygen atoms in total. The van der Waals surface area contributed by atoms with Crippen LogP contribution >= 0.6 is 23.7 Å². The van der Waals surface area contributed by atoms with Gasteiger partial charge in [-0.25, -0.2) is 0 Å². The second kappa shape index (κ2) is 9.89. The van der Waals surface area contributed by atoms with Crippen LogP contribution in [0.4, 0.5) is 0 Å². The highest BCUT2D eigenvalue weighted by Gasteiger charge is 2.29. The highest BCUT2D eigenvalue weighted by Crippen LogP contribution is 2.38. The minimum Gasteiger partial charge on any atom is -0.387 e. The third-order valence-electron chi connectivity index (χ3n) is 5.77. The van der Waals surface area contributed by atoms with E-state index >= 15 is 0 Å². The third kappa shape index (κ3) is 5.28.